The van der Waals surface area contributed by atoms with Crippen molar-refractivity contribution in [1.82, 2.24) is 10.6 Å². The van der Waals surface area contributed by atoms with Gasteiger partial charge in [-0.3, -0.25) is 9.59 Å². The van der Waals surface area contributed by atoms with Crippen molar-refractivity contribution in [2.24, 2.45) is 11.3 Å². The van der Waals surface area contributed by atoms with Gasteiger partial charge in [-0.25, -0.2) is 0 Å². The van der Waals surface area contributed by atoms with Crippen LogP contribution < -0.4 is 10.6 Å². The Morgan fingerprint density at radius 1 is 1.53 bits per heavy atom. The molecule has 2 N–H and O–H groups in total. The van der Waals surface area contributed by atoms with Gasteiger partial charge in [0.25, 0.3) is 0 Å². The highest BCUT2D eigenvalue weighted by molar-refractivity contribution is 5.89. The van der Waals surface area contributed by atoms with Gasteiger partial charge >= 0.3 is 0 Å². The molecule has 1 aliphatic heterocycles. The molecule has 2 unspecified atom stereocenters. The van der Waals surface area contributed by atoms with Crippen molar-refractivity contribution in [3.05, 3.63) is 0 Å². The van der Waals surface area contributed by atoms with Crippen molar-refractivity contribution in [3.63, 3.8) is 0 Å². The van der Waals surface area contributed by atoms with Gasteiger partial charge in [0.2, 0.25) is 11.8 Å². The molecule has 0 aliphatic carbocycles. The van der Waals surface area contributed by atoms with Crippen LogP contribution in [0.5, 0.6) is 0 Å². The molecule has 0 aromatic rings. The summed E-state index contributed by atoms with van der Waals surface area (Å²) in [7, 11) is 0. The van der Waals surface area contributed by atoms with E-state index in [-0.39, 0.29) is 29.2 Å². The summed E-state index contributed by atoms with van der Waals surface area (Å²) in [4.78, 5) is 22.7. The molecule has 4 nitrogen and oxygen atoms in total. The van der Waals surface area contributed by atoms with Crippen LogP contribution in [0.25, 0.3) is 0 Å². The first-order valence-electron chi connectivity index (χ1n) is 5.38. The van der Waals surface area contributed by atoms with Gasteiger partial charge in [0, 0.05) is 19.0 Å². The van der Waals surface area contributed by atoms with E-state index < -0.39 is 0 Å². The molecule has 0 aromatic heterocycles. The molecule has 1 fully saturated rings. The third kappa shape index (κ3) is 3.22. The van der Waals surface area contributed by atoms with Crippen LogP contribution in [-0.4, -0.2) is 24.4 Å². The highest BCUT2D eigenvalue weighted by Crippen LogP contribution is 2.19. The zero-order chi connectivity index (χ0) is 11.6. The van der Waals surface area contributed by atoms with Crippen LogP contribution in [0.3, 0.4) is 0 Å². The first kappa shape index (κ1) is 12.0. The lowest BCUT2D eigenvalue weighted by Gasteiger charge is -2.28. The maximum Gasteiger partial charge on any atom is 0.225 e. The maximum absolute atomic E-state index is 11.7. The average molecular weight is 212 g/mol. The van der Waals surface area contributed by atoms with Crippen LogP contribution in [0, 0.1) is 11.3 Å². The van der Waals surface area contributed by atoms with Crippen molar-refractivity contribution in [3.8, 4) is 0 Å². The van der Waals surface area contributed by atoms with Gasteiger partial charge in [-0.2, -0.15) is 0 Å². The molecule has 0 saturated carbocycles. The predicted molar refractivity (Wildman–Crippen MR) is 58.2 cm³/mol. The van der Waals surface area contributed by atoms with E-state index in [0.717, 1.165) is 0 Å². The molecule has 0 radical (unpaired) electrons. The van der Waals surface area contributed by atoms with Crippen molar-refractivity contribution in [2.45, 2.75) is 40.2 Å². The molecular formula is C11H20N2O2. The largest absolute Gasteiger partial charge is 0.355 e. The number of amides is 2. The SMILES string of the molecule is CC(NC(=O)C1CNC(=O)C1)C(C)(C)C. The van der Waals surface area contributed by atoms with Gasteiger partial charge in [-0.15, -0.1) is 0 Å². The Kier molecular flexibility index (Phi) is 3.37. The number of hydrogen-bond acceptors (Lipinski definition) is 2. The zero-order valence-electron chi connectivity index (χ0n) is 9.89. The maximum atomic E-state index is 11.7. The molecule has 1 saturated heterocycles. The second-order valence-electron chi connectivity index (χ2n) is 5.30. The van der Waals surface area contributed by atoms with Crippen molar-refractivity contribution < 1.29 is 9.59 Å². The van der Waals surface area contributed by atoms with Gasteiger partial charge in [-0.1, -0.05) is 20.8 Å². The Labute approximate surface area is 90.8 Å². The lowest BCUT2D eigenvalue weighted by molar-refractivity contribution is -0.127. The minimum absolute atomic E-state index is 0.0178. The van der Waals surface area contributed by atoms with E-state index in [1.807, 2.05) is 6.92 Å². The van der Waals surface area contributed by atoms with E-state index in [0.29, 0.717) is 13.0 Å². The van der Waals surface area contributed by atoms with Crippen LogP contribution in [0.15, 0.2) is 0 Å². The van der Waals surface area contributed by atoms with Gasteiger partial charge in [-0.05, 0) is 12.3 Å². The summed E-state index contributed by atoms with van der Waals surface area (Å²) >= 11 is 0. The fourth-order valence-corrected chi connectivity index (χ4v) is 1.34. The van der Waals surface area contributed by atoms with Crippen LogP contribution in [0.4, 0.5) is 0 Å². The van der Waals surface area contributed by atoms with Crippen molar-refractivity contribution in [2.75, 3.05) is 6.54 Å². The number of nitrogens with one attached hydrogen (secondary N) is 2. The molecule has 1 rings (SSSR count). The summed E-state index contributed by atoms with van der Waals surface area (Å²) in [6.07, 6.45) is 0.322. The summed E-state index contributed by atoms with van der Waals surface area (Å²) in [5.74, 6) is -0.239. The number of carbonyl (C=O) groups excluding carboxylic acids is 2. The highest BCUT2D eigenvalue weighted by Gasteiger charge is 2.30. The van der Waals surface area contributed by atoms with Gasteiger partial charge in [0.05, 0.1) is 5.92 Å². The third-order valence-corrected chi connectivity index (χ3v) is 3.01. The summed E-state index contributed by atoms with van der Waals surface area (Å²) in [5.41, 5.74) is 0.0473. The molecule has 2 amide bonds. The molecule has 86 valence electrons. The summed E-state index contributed by atoms with van der Waals surface area (Å²) < 4.78 is 0. The predicted octanol–water partition coefficient (Wildman–Crippen LogP) is 0.673. The van der Waals surface area contributed by atoms with E-state index in [1.165, 1.54) is 0 Å². The van der Waals surface area contributed by atoms with Crippen LogP contribution in [0.2, 0.25) is 0 Å². The van der Waals surface area contributed by atoms with E-state index >= 15 is 0 Å². The number of rotatable bonds is 2. The standard InChI is InChI=1S/C11H20N2O2/c1-7(11(2,3)4)13-10(15)8-5-9(14)12-6-8/h7-8H,5-6H2,1-4H3,(H,12,14)(H,13,15). The van der Waals surface area contributed by atoms with E-state index in [2.05, 4.69) is 31.4 Å². The molecule has 0 spiro atoms. The molecule has 15 heavy (non-hydrogen) atoms. The minimum Gasteiger partial charge on any atom is -0.355 e. The molecule has 1 heterocycles. The van der Waals surface area contributed by atoms with Gasteiger partial charge in [0.15, 0.2) is 0 Å². The first-order chi connectivity index (χ1) is 6.80. The Morgan fingerprint density at radius 3 is 2.53 bits per heavy atom. The normalized spacial score (nSPS) is 23.5. The van der Waals surface area contributed by atoms with Crippen LogP contribution in [-0.2, 0) is 9.59 Å². The molecule has 0 aromatic carbocycles. The van der Waals surface area contributed by atoms with E-state index in [1.54, 1.807) is 0 Å². The molecule has 0 bridgehead atoms. The van der Waals surface area contributed by atoms with Crippen molar-refractivity contribution in [1.29, 1.82) is 0 Å². The fraction of sp³-hybridized carbons (Fsp3) is 0.818. The minimum atomic E-state index is -0.192. The molecule has 4 heteroatoms. The number of carbonyl (C=O) groups is 2. The fourth-order valence-electron chi connectivity index (χ4n) is 1.34. The Balaban J connectivity index is 2.46. The topological polar surface area (TPSA) is 58.2 Å². The van der Waals surface area contributed by atoms with Gasteiger partial charge < -0.3 is 10.6 Å². The Morgan fingerprint density at radius 2 is 2.13 bits per heavy atom. The lowest BCUT2D eigenvalue weighted by atomic mass is 9.87. The molecular weight excluding hydrogens is 192 g/mol. The average Bonchev–Trinajstić information content (AvgIpc) is 2.50. The van der Waals surface area contributed by atoms with Crippen LogP contribution in [0.1, 0.15) is 34.1 Å². The summed E-state index contributed by atoms with van der Waals surface area (Å²) in [6, 6.07) is 0.112. The van der Waals surface area contributed by atoms with Crippen LogP contribution >= 0.6 is 0 Å². The second kappa shape index (κ2) is 4.21. The Hall–Kier alpha value is -1.06. The summed E-state index contributed by atoms with van der Waals surface area (Å²) in [5, 5.41) is 5.61. The Bertz CT molecular complexity index is 268. The molecule has 2 atom stereocenters. The number of hydrogen-bond donors (Lipinski definition) is 2. The second-order valence-corrected chi connectivity index (χ2v) is 5.30. The third-order valence-electron chi connectivity index (χ3n) is 3.01. The van der Waals surface area contributed by atoms with Crippen molar-refractivity contribution >= 4 is 11.8 Å². The highest BCUT2D eigenvalue weighted by atomic mass is 16.2. The monoisotopic (exact) mass is 212 g/mol. The van der Waals surface area contributed by atoms with Gasteiger partial charge in [0.1, 0.15) is 0 Å². The first-order valence-corrected chi connectivity index (χ1v) is 5.38. The summed E-state index contributed by atoms with van der Waals surface area (Å²) in [6.45, 7) is 8.70. The van der Waals surface area contributed by atoms with E-state index in [4.69, 9.17) is 0 Å². The lowest BCUT2D eigenvalue weighted by Crippen LogP contribution is -2.44. The quantitative estimate of drug-likeness (QED) is 0.707. The smallest absolute Gasteiger partial charge is 0.225 e. The molecule has 1 aliphatic rings. The van der Waals surface area contributed by atoms with E-state index in [9.17, 15) is 9.59 Å². The zero-order valence-corrected chi connectivity index (χ0v) is 9.89.